The maximum Gasteiger partial charge on any atom is 0.264 e. The molecule has 20 heavy (non-hydrogen) atoms. The minimum absolute atomic E-state index is 0.175. The molecule has 4 nitrogen and oxygen atoms in total. The second-order valence-corrected chi connectivity index (χ2v) is 6.00. The fourth-order valence-corrected chi connectivity index (χ4v) is 2.87. The van der Waals surface area contributed by atoms with Crippen LogP contribution in [0.2, 0.25) is 0 Å². The largest absolute Gasteiger partial charge is 0.399 e. The highest BCUT2D eigenvalue weighted by molar-refractivity contribution is 7.92. The van der Waals surface area contributed by atoms with Gasteiger partial charge in [0.15, 0.2) is 0 Å². The molecule has 0 aliphatic heterocycles. The van der Waals surface area contributed by atoms with Crippen molar-refractivity contribution >= 4 is 21.4 Å². The number of anilines is 2. The van der Waals surface area contributed by atoms with E-state index in [2.05, 4.69) is 4.72 Å². The predicted octanol–water partition coefficient (Wildman–Crippen LogP) is 2.77. The first-order valence-electron chi connectivity index (χ1n) is 6.09. The summed E-state index contributed by atoms with van der Waals surface area (Å²) >= 11 is 0. The molecule has 0 saturated heterocycles. The number of hydrogen-bond donors (Lipinski definition) is 2. The standard InChI is InChI=1S/C14H15FN2O2S/c1-2-10-3-6-12(7-4-10)17-20(18,19)14-8-5-11(16)9-13(14)15/h3-9,17H,2,16H2,1H3. The molecule has 2 aromatic rings. The lowest BCUT2D eigenvalue weighted by atomic mass is 10.2. The third kappa shape index (κ3) is 3.08. The normalized spacial score (nSPS) is 11.3. The van der Waals surface area contributed by atoms with Gasteiger partial charge in [-0.15, -0.1) is 0 Å². The molecule has 0 spiro atoms. The van der Waals surface area contributed by atoms with Crippen molar-refractivity contribution in [3.63, 3.8) is 0 Å². The average molecular weight is 294 g/mol. The molecule has 0 aromatic heterocycles. The fraction of sp³-hybridized carbons (Fsp3) is 0.143. The lowest BCUT2D eigenvalue weighted by Crippen LogP contribution is -2.14. The van der Waals surface area contributed by atoms with Crippen molar-refractivity contribution in [3.05, 3.63) is 53.8 Å². The first-order chi connectivity index (χ1) is 9.42. The van der Waals surface area contributed by atoms with Gasteiger partial charge in [0.2, 0.25) is 0 Å². The summed E-state index contributed by atoms with van der Waals surface area (Å²) in [5.41, 5.74) is 7.05. The SMILES string of the molecule is CCc1ccc(NS(=O)(=O)c2ccc(N)cc2F)cc1. The molecule has 0 radical (unpaired) electrons. The number of nitrogens with two attached hydrogens (primary N) is 1. The molecule has 6 heteroatoms. The van der Waals surface area contributed by atoms with Gasteiger partial charge in [0.1, 0.15) is 10.7 Å². The van der Waals surface area contributed by atoms with Crippen LogP contribution >= 0.6 is 0 Å². The molecule has 3 N–H and O–H groups in total. The van der Waals surface area contributed by atoms with Gasteiger partial charge in [0.25, 0.3) is 10.0 Å². The maximum absolute atomic E-state index is 13.7. The van der Waals surface area contributed by atoms with E-state index in [0.29, 0.717) is 5.69 Å². The van der Waals surface area contributed by atoms with E-state index in [-0.39, 0.29) is 5.69 Å². The number of benzene rings is 2. The van der Waals surface area contributed by atoms with Gasteiger partial charge in [-0.3, -0.25) is 4.72 Å². The Labute approximate surface area is 117 Å². The number of nitrogens with one attached hydrogen (secondary N) is 1. The number of halogens is 1. The van der Waals surface area contributed by atoms with Crippen molar-refractivity contribution in [3.8, 4) is 0 Å². The lowest BCUT2D eigenvalue weighted by Gasteiger charge is -2.09. The Morgan fingerprint density at radius 1 is 1.15 bits per heavy atom. The number of aryl methyl sites for hydroxylation is 1. The molecular weight excluding hydrogens is 279 g/mol. The van der Waals surface area contributed by atoms with Crippen LogP contribution in [0.25, 0.3) is 0 Å². The van der Waals surface area contributed by atoms with Crippen LogP contribution in [0.4, 0.5) is 15.8 Å². The molecular formula is C14H15FN2O2S. The van der Waals surface area contributed by atoms with Crippen LogP contribution in [0, 0.1) is 5.82 Å². The zero-order valence-electron chi connectivity index (χ0n) is 10.9. The van der Waals surface area contributed by atoms with E-state index in [4.69, 9.17) is 5.73 Å². The molecule has 0 heterocycles. The van der Waals surface area contributed by atoms with Crippen molar-refractivity contribution in [2.24, 2.45) is 0 Å². The van der Waals surface area contributed by atoms with Gasteiger partial charge < -0.3 is 5.73 Å². The van der Waals surface area contributed by atoms with Gasteiger partial charge in [-0.25, -0.2) is 12.8 Å². The maximum atomic E-state index is 13.7. The Balaban J connectivity index is 2.30. The van der Waals surface area contributed by atoms with E-state index in [1.165, 1.54) is 6.07 Å². The summed E-state index contributed by atoms with van der Waals surface area (Å²) in [5, 5.41) is 0. The van der Waals surface area contributed by atoms with Crippen LogP contribution < -0.4 is 10.5 Å². The summed E-state index contributed by atoms with van der Waals surface area (Å²) in [7, 11) is -3.96. The lowest BCUT2D eigenvalue weighted by molar-refractivity contribution is 0.571. The first-order valence-corrected chi connectivity index (χ1v) is 7.57. The predicted molar refractivity (Wildman–Crippen MR) is 77.4 cm³/mol. The minimum atomic E-state index is -3.96. The minimum Gasteiger partial charge on any atom is -0.399 e. The molecule has 0 bridgehead atoms. The van der Waals surface area contributed by atoms with Crippen LogP contribution in [0.15, 0.2) is 47.4 Å². The fourth-order valence-electron chi connectivity index (χ4n) is 1.75. The molecule has 0 unspecified atom stereocenters. The van der Waals surface area contributed by atoms with Crippen molar-refractivity contribution in [1.82, 2.24) is 0 Å². The zero-order valence-corrected chi connectivity index (χ0v) is 11.7. The van der Waals surface area contributed by atoms with Gasteiger partial charge in [-0.05, 0) is 42.3 Å². The average Bonchev–Trinajstić information content (AvgIpc) is 2.38. The van der Waals surface area contributed by atoms with Crippen LogP contribution in [0.5, 0.6) is 0 Å². The van der Waals surface area contributed by atoms with Crippen molar-refractivity contribution in [2.45, 2.75) is 18.2 Å². The molecule has 0 aliphatic rings. The zero-order chi connectivity index (χ0) is 14.8. The highest BCUT2D eigenvalue weighted by atomic mass is 32.2. The van der Waals surface area contributed by atoms with Crippen LogP contribution in [0.1, 0.15) is 12.5 Å². The van der Waals surface area contributed by atoms with Crippen molar-refractivity contribution < 1.29 is 12.8 Å². The summed E-state index contributed by atoms with van der Waals surface area (Å²) in [6.07, 6.45) is 0.861. The molecule has 0 aliphatic carbocycles. The van der Waals surface area contributed by atoms with Gasteiger partial charge in [-0.1, -0.05) is 19.1 Å². The summed E-state index contributed by atoms with van der Waals surface area (Å²) in [5.74, 6) is -0.873. The quantitative estimate of drug-likeness (QED) is 0.852. The Bertz CT molecular complexity index is 712. The third-order valence-corrected chi connectivity index (χ3v) is 4.27. The summed E-state index contributed by atoms with van der Waals surface area (Å²) in [6.45, 7) is 2.00. The molecule has 0 fully saturated rings. The monoisotopic (exact) mass is 294 g/mol. The van der Waals surface area contributed by atoms with E-state index in [1.54, 1.807) is 12.1 Å². The summed E-state index contributed by atoms with van der Waals surface area (Å²) in [6, 6.07) is 10.4. The van der Waals surface area contributed by atoms with Gasteiger partial charge in [0, 0.05) is 11.4 Å². The van der Waals surface area contributed by atoms with Crippen LogP contribution in [-0.4, -0.2) is 8.42 Å². The molecule has 2 aromatic carbocycles. The number of rotatable bonds is 4. The van der Waals surface area contributed by atoms with Gasteiger partial charge >= 0.3 is 0 Å². The van der Waals surface area contributed by atoms with Crippen LogP contribution in [-0.2, 0) is 16.4 Å². The Morgan fingerprint density at radius 3 is 2.35 bits per heavy atom. The highest BCUT2D eigenvalue weighted by Gasteiger charge is 2.19. The van der Waals surface area contributed by atoms with Crippen molar-refractivity contribution in [2.75, 3.05) is 10.5 Å². The third-order valence-electron chi connectivity index (χ3n) is 2.86. The Morgan fingerprint density at radius 2 is 1.80 bits per heavy atom. The molecule has 0 atom stereocenters. The second-order valence-electron chi connectivity index (χ2n) is 4.35. The summed E-state index contributed by atoms with van der Waals surface area (Å²) in [4.78, 5) is -0.425. The number of nitrogen functional groups attached to an aromatic ring is 1. The van der Waals surface area contributed by atoms with Crippen molar-refractivity contribution in [1.29, 1.82) is 0 Å². The number of hydrogen-bond acceptors (Lipinski definition) is 3. The summed E-state index contributed by atoms with van der Waals surface area (Å²) < 4.78 is 40.2. The highest BCUT2D eigenvalue weighted by Crippen LogP contribution is 2.21. The molecule has 106 valence electrons. The Hall–Kier alpha value is -2.08. The van der Waals surface area contributed by atoms with Crippen LogP contribution in [0.3, 0.4) is 0 Å². The van der Waals surface area contributed by atoms with Gasteiger partial charge in [-0.2, -0.15) is 0 Å². The first kappa shape index (κ1) is 14.3. The second kappa shape index (κ2) is 5.50. The topological polar surface area (TPSA) is 72.2 Å². The Kier molecular flexibility index (Phi) is 3.94. The number of sulfonamides is 1. The smallest absolute Gasteiger partial charge is 0.264 e. The molecule has 0 saturated carbocycles. The molecule has 0 amide bonds. The van der Waals surface area contributed by atoms with E-state index in [1.807, 2.05) is 19.1 Å². The van der Waals surface area contributed by atoms with E-state index >= 15 is 0 Å². The molecule has 2 rings (SSSR count). The van der Waals surface area contributed by atoms with Gasteiger partial charge in [0.05, 0.1) is 0 Å². The van der Waals surface area contributed by atoms with E-state index in [9.17, 15) is 12.8 Å². The van der Waals surface area contributed by atoms with E-state index < -0.39 is 20.7 Å². The van der Waals surface area contributed by atoms with E-state index in [0.717, 1.165) is 24.1 Å².